The summed E-state index contributed by atoms with van der Waals surface area (Å²) in [5.74, 6) is 1.56. The van der Waals surface area contributed by atoms with Crippen molar-refractivity contribution in [2.24, 2.45) is 11.8 Å². The lowest BCUT2D eigenvalue weighted by molar-refractivity contribution is 0.360. The van der Waals surface area contributed by atoms with E-state index in [1.54, 1.807) is 0 Å². The maximum Gasteiger partial charge on any atom is 0.0847 e. The number of halogens is 1. The smallest absolute Gasteiger partial charge is 0.0847 e. The molecular formula is C15H26ClN3. The fourth-order valence-electron chi connectivity index (χ4n) is 3.29. The van der Waals surface area contributed by atoms with Gasteiger partial charge < -0.3 is 5.32 Å². The van der Waals surface area contributed by atoms with Crippen molar-refractivity contribution in [1.82, 2.24) is 15.1 Å². The van der Waals surface area contributed by atoms with Crippen molar-refractivity contribution in [3.63, 3.8) is 0 Å². The zero-order chi connectivity index (χ0) is 13.8. The van der Waals surface area contributed by atoms with Gasteiger partial charge in [0.25, 0.3) is 0 Å². The molecule has 19 heavy (non-hydrogen) atoms. The summed E-state index contributed by atoms with van der Waals surface area (Å²) in [7, 11) is 0. The summed E-state index contributed by atoms with van der Waals surface area (Å²) < 4.78 is 2.08. The molecule has 0 bridgehead atoms. The van der Waals surface area contributed by atoms with E-state index in [0.717, 1.165) is 48.6 Å². The van der Waals surface area contributed by atoms with Gasteiger partial charge in [0.2, 0.25) is 0 Å². The summed E-state index contributed by atoms with van der Waals surface area (Å²) in [6.45, 7) is 9.44. The van der Waals surface area contributed by atoms with Crippen LogP contribution in [0, 0.1) is 18.8 Å². The van der Waals surface area contributed by atoms with Crippen LogP contribution in [-0.4, -0.2) is 22.9 Å². The van der Waals surface area contributed by atoms with E-state index in [4.69, 9.17) is 11.6 Å². The lowest BCUT2D eigenvalue weighted by Gasteiger charge is -2.20. The van der Waals surface area contributed by atoms with Crippen molar-refractivity contribution in [2.45, 2.75) is 53.0 Å². The number of aromatic nitrogens is 2. The lowest BCUT2D eigenvalue weighted by Crippen LogP contribution is -2.26. The van der Waals surface area contributed by atoms with E-state index in [1.807, 2.05) is 6.92 Å². The molecule has 0 amide bonds. The van der Waals surface area contributed by atoms with Crippen LogP contribution in [0.3, 0.4) is 0 Å². The number of hydrogen-bond donors (Lipinski definition) is 1. The Hall–Kier alpha value is -0.540. The van der Waals surface area contributed by atoms with E-state index in [0.29, 0.717) is 0 Å². The molecule has 1 saturated carbocycles. The largest absolute Gasteiger partial charge is 0.317 e. The second-order valence-corrected chi connectivity index (χ2v) is 6.00. The van der Waals surface area contributed by atoms with Gasteiger partial charge in [-0.3, -0.25) is 4.68 Å². The van der Waals surface area contributed by atoms with E-state index in [-0.39, 0.29) is 0 Å². The van der Waals surface area contributed by atoms with Gasteiger partial charge in [-0.1, -0.05) is 24.9 Å². The number of nitrogens with one attached hydrogen (secondary N) is 1. The predicted octanol–water partition coefficient (Wildman–Crippen LogP) is 3.43. The standard InChI is InChI=1S/C15H26ClN3/c1-4-17-10-13-8-6-7-12(13)9-14-15(16)11(3)18-19(14)5-2/h12-13,17H,4-10H2,1-3H3. The lowest BCUT2D eigenvalue weighted by atomic mass is 9.91. The van der Waals surface area contributed by atoms with Crippen molar-refractivity contribution in [3.05, 3.63) is 16.4 Å². The highest BCUT2D eigenvalue weighted by Crippen LogP contribution is 2.35. The average molecular weight is 284 g/mol. The Morgan fingerprint density at radius 1 is 1.32 bits per heavy atom. The third-order valence-electron chi connectivity index (χ3n) is 4.38. The average Bonchev–Trinajstić information content (AvgIpc) is 2.96. The van der Waals surface area contributed by atoms with Gasteiger partial charge in [-0.05, 0) is 58.0 Å². The van der Waals surface area contributed by atoms with E-state index in [9.17, 15) is 0 Å². The van der Waals surface area contributed by atoms with Crippen LogP contribution in [0.25, 0.3) is 0 Å². The number of nitrogens with zero attached hydrogens (tertiary/aromatic N) is 2. The van der Waals surface area contributed by atoms with Crippen LogP contribution in [-0.2, 0) is 13.0 Å². The molecule has 0 aliphatic heterocycles. The van der Waals surface area contributed by atoms with Gasteiger partial charge >= 0.3 is 0 Å². The van der Waals surface area contributed by atoms with E-state index >= 15 is 0 Å². The third-order valence-corrected chi connectivity index (χ3v) is 4.87. The monoisotopic (exact) mass is 283 g/mol. The van der Waals surface area contributed by atoms with Gasteiger partial charge in [-0.25, -0.2) is 0 Å². The van der Waals surface area contributed by atoms with E-state index < -0.39 is 0 Å². The van der Waals surface area contributed by atoms with Gasteiger partial charge in [-0.2, -0.15) is 5.10 Å². The SMILES string of the molecule is CCNCC1CCCC1Cc1c(Cl)c(C)nn1CC. The fourth-order valence-corrected chi connectivity index (χ4v) is 3.51. The summed E-state index contributed by atoms with van der Waals surface area (Å²) in [6, 6.07) is 0. The Labute approximate surface area is 121 Å². The molecule has 0 spiro atoms. The quantitative estimate of drug-likeness (QED) is 0.867. The van der Waals surface area contributed by atoms with Crippen LogP contribution in [0.1, 0.15) is 44.5 Å². The zero-order valence-corrected chi connectivity index (χ0v) is 13.1. The van der Waals surface area contributed by atoms with Crippen LogP contribution in [0.4, 0.5) is 0 Å². The second-order valence-electron chi connectivity index (χ2n) is 5.62. The predicted molar refractivity (Wildman–Crippen MR) is 80.7 cm³/mol. The maximum atomic E-state index is 6.42. The molecular weight excluding hydrogens is 258 g/mol. The van der Waals surface area contributed by atoms with Crippen molar-refractivity contribution in [2.75, 3.05) is 13.1 Å². The van der Waals surface area contributed by atoms with Gasteiger partial charge in [0, 0.05) is 6.54 Å². The fraction of sp³-hybridized carbons (Fsp3) is 0.800. The van der Waals surface area contributed by atoms with Crippen LogP contribution >= 0.6 is 11.6 Å². The summed E-state index contributed by atoms with van der Waals surface area (Å²) in [5, 5.41) is 8.91. The first-order valence-electron chi connectivity index (χ1n) is 7.59. The molecule has 0 saturated heterocycles. The minimum Gasteiger partial charge on any atom is -0.317 e. The Balaban J connectivity index is 2.07. The van der Waals surface area contributed by atoms with Crippen LogP contribution in [0.2, 0.25) is 5.02 Å². The molecule has 2 atom stereocenters. The molecule has 2 unspecified atom stereocenters. The van der Waals surface area contributed by atoms with Crippen molar-refractivity contribution in [1.29, 1.82) is 0 Å². The molecule has 2 rings (SSSR count). The van der Waals surface area contributed by atoms with Crippen molar-refractivity contribution >= 4 is 11.6 Å². The Morgan fingerprint density at radius 2 is 2.05 bits per heavy atom. The highest BCUT2D eigenvalue weighted by molar-refractivity contribution is 6.31. The minimum atomic E-state index is 0.762. The molecule has 0 aromatic carbocycles. The highest BCUT2D eigenvalue weighted by Gasteiger charge is 2.29. The third kappa shape index (κ3) is 3.32. The summed E-state index contributed by atoms with van der Waals surface area (Å²) in [5.41, 5.74) is 2.22. The van der Waals surface area contributed by atoms with Crippen LogP contribution in [0.5, 0.6) is 0 Å². The normalized spacial score (nSPS) is 23.2. The molecule has 1 aromatic rings. The second kappa shape index (κ2) is 6.76. The summed E-state index contributed by atoms with van der Waals surface area (Å²) in [4.78, 5) is 0. The Bertz CT molecular complexity index is 414. The molecule has 1 fully saturated rings. The number of hydrogen-bond acceptors (Lipinski definition) is 2. The molecule has 3 nitrogen and oxygen atoms in total. The summed E-state index contributed by atoms with van der Waals surface area (Å²) >= 11 is 6.42. The van der Waals surface area contributed by atoms with Crippen LogP contribution in [0.15, 0.2) is 0 Å². The summed E-state index contributed by atoms with van der Waals surface area (Å²) in [6.07, 6.45) is 5.13. The van der Waals surface area contributed by atoms with Gasteiger partial charge in [0.05, 0.1) is 16.4 Å². The zero-order valence-electron chi connectivity index (χ0n) is 12.4. The molecule has 0 radical (unpaired) electrons. The van der Waals surface area contributed by atoms with Crippen molar-refractivity contribution in [3.8, 4) is 0 Å². The molecule has 1 aliphatic rings. The first-order chi connectivity index (χ1) is 9.17. The number of rotatable bonds is 6. The molecule has 1 aliphatic carbocycles. The van der Waals surface area contributed by atoms with E-state index in [2.05, 4.69) is 28.9 Å². The maximum absolute atomic E-state index is 6.42. The molecule has 4 heteroatoms. The van der Waals surface area contributed by atoms with Crippen LogP contribution < -0.4 is 5.32 Å². The molecule has 108 valence electrons. The first kappa shape index (κ1) is 14.9. The Morgan fingerprint density at radius 3 is 2.74 bits per heavy atom. The Kier molecular flexibility index (Phi) is 5.28. The van der Waals surface area contributed by atoms with E-state index in [1.165, 1.54) is 25.0 Å². The highest BCUT2D eigenvalue weighted by atomic mass is 35.5. The molecule has 1 aromatic heterocycles. The van der Waals surface area contributed by atoms with Crippen molar-refractivity contribution < 1.29 is 0 Å². The van der Waals surface area contributed by atoms with Gasteiger partial charge in [0.1, 0.15) is 0 Å². The number of aryl methyl sites for hydroxylation is 2. The molecule has 1 heterocycles. The first-order valence-corrected chi connectivity index (χ1v) is 7.97. The minimum absolute atomic E-state index is 0.762. The van der Waals surface area contributed by atoms with Gasteiger partial charge in [0.15, 0.2) is 0 Å². The van der Waals surface area contributed by atoms with Gasteiger partial charge in [-0.15, -0.1) is 0 Å². The molecule has 1 N–H and O–H groups in total. The topological polar surface area (TPSA) is 29.9 Å².